The van der Waals surface area contributed by atoms with Crippen molar-refractivity contribution in [3.8, 4) is 5.75 Å². The molecule has 0 radical (unpaired) electrons. The van der Waals surface area contributed by atoms with Gasteiger partial charge >= 0.3 is 0 Å². The van der Waals surface area contributed by atoms with Gasteiger partial charge in [0.25, 0.3) is 0 Å². The summed E-state index contributed by atoms with van der Waals surface area (Å²) in [6.45, 7) is 0. The Balaban J connectivity index is 2.48. The molecule has 1 aliphatic carbocycles. The number of rotatable bonds is 1. The summed E-state index contributed by atoms with van der Waals surface area (Å²) in [6.07, 6.45) is 1.49. The van der Waals surface area contributed by atoms with Crippen LogP contribution in [-0.4, -0.2) is 10.2 Å². The Kier molecular flexibility index (Phi) is 1.66. The summed E-state index contributed by atoms with van der Waals surface area (Å²) in [4.78, 5) is 0. The number of halogens is 1. The van der Waals surface area contributed by atoms with Gasteiger partial charge in [-0.15, -0.1) is 0 Å². The van der Waals surface area contributed by atoms with Crippen molar-refractivity contribution in [3.05, 3.63) is 28.2 Å². The molecule has 2 nitrogen and oxygen atoms in total. The highest BCUT2D eigenvalue weighted by Gasteiger charge is 2.44. The number of benzene rings is 1. The second-order valence-electron chi connectivity index (χ2n) is 3.19. The fourth-order valence-corrected chi connectivity index (χ4v) is 1.63. The van der Waals surface area contributed by atoms with Gasteiger partial charge in [-0.25, -0.2) is 0 Å². The molecule has 0 atom stereocenters. The van der Waals surface area contributed by atoms with Gasteiger partial charge in [0.15, 0.2) is 0 Å². The lowest BCUT2D eigenvalue weighted by Gasteiger charge is -2.10. The molecule has 3 heteroatoms. The van der Waals surface area contributed by atoms with Crippen LogP contribution >= 0.6 is 15.9 Å². The Bertz CT molecular complexity index is 318. The summed E-state index contributed by atoms with van der Waals surface area (Å²) in [5.74, 6) is 0.179. The zero-order valence-electron chi connectivity index (χ0n) is 6.42. The van der Waals surface area contributed by atoms with Crippen molar-refractivity contribution in [1.29, 1.82) is 0 Å². The van der Waals surface area contributed by atoms with Gasteiger partial charge in [0, 0.05) is 10.0 Å². The molecule has 0 bridgehead atoms. The summed E-state index contributed by atoms with van der Waals surface area (Å²) in [6, 6.07) is 5.11. The molecule has 1 saturated carbocycles. The van der Waals surface area contributed by atoms with Gasteiger partial charge in [-0.3, -0.25) is 0 Å². The van der Waals surface area contributed by atoms with E-state index in [0.717, 1.165) is 17.3 Å². The molecule has 0 heterocycles. The lowest BCUT2D eigenvalue weighted by Crippen LogP contribution is -2.03. The van der Waals surface area contributed by atoms with Gasteiger partial charge in [-0.2, -0.15) is 0 Å². The van der Waals surface area contributed by atoms with E-state index >= 15 is 0 Å². The number of aliphatic hydroxyl groups is 1. The molecular formula is C9H9BrO2. The number of phenols is 1. The Labute approximate surface area is 79.0 Å². The van der Waals surface area contributed by atoms with Crippen molar-refractivity contribution >= 4 is 15.9 Å². The first-order chi connectivity index (χ1) is 5.62. The highest BCUT2D eigenvalue weighted by atomic mass is 79.9. The molecule has 0 aromatic heterocycles. The van der Waals surface area contributed by atoms with Crippen molar-refractivity contribution in [2.24, 2.45) is 0 Å². The van der Waals surface area contributed by atoms with Gasteiger partial charge in [-0.1, -0.05) is 15.9 Å². The topological polar surface area (TPSA) is 40.5 Å². The van der Waals surface area contributed by atoms with Crippen LogP contribution in [0, 0.1) is 0 Å². The van der Waals surface area contributed by atoms with E-state index in [0.29, 0.717) is 5.56 Å². The summed E-state index contributed by atoms with van der Waals surface area (Å²) in [7, 11) is 0. The minimum Gasteiger partial charge on any atom is -0.508 e. The first-order valence-corrected chi connectivity index (χ1v) is 4.62. The SMILES string of the molecule is Oc1ccc(Br)cc1C1(O)CC1. The minimum absolute atomic E-state index is 0.179. The summed E-state index contributed by atoms with van der Waals surface area (Å²) in [5, 5.41) is 19.2. The van der Waals surface area contributed by atoms with Crippen LogP contribution in [0.4, 0.5) is 0 Å². The first kappa shape index (κ1) is 8.08. The molecule has 0 aliphatic heterocycles. The molecule has 12 heavy (non-hydrogen) atoms. The molecule has 1 aliphatic rings. The van der Waals surface area contributed by atoms with Crippen LogP contribution in [0.5, 0.6) is 5.75 Å². The zero-order chi connectivity index (χ0) is 8.77. The van der Waals surface area contributed by atoms with Crippen molar-refractivity contribution in [2.75, 3.05) is 0 Å². The molecule has 2 rings (SSSR count). The van der Waals surface area contributed by atoms with Gasteiger partial charge < -0.3 is 10.2 Å². The van der Waals surface area contributed by atoms with E-state index in [9.17, 15) is 10.2 Å². The quantitative estimate of drug-likeness (QED) is 0.774. The van der Waals surface area contributed by atoms with Crippen molar-refractivity contribution in [1.82, 2.24) is 0 Å². The van der Waals surface area contributed by atoms with Crippen molar-refractivity contribution in [3.63, 3.8) is 0 Å². The maximum Gasteiger partial charge on any atom is 0.121 e. The number of phenolic OH excluding ortho intramolecular Hbond substituents is 1. The largest absolute Gasteiger partial charge is 0.508 e. The molecule has 0 amide bonds. The minimum atomic E-state index is -0.756. The predicted octanol–water partition coefficient (Wildman–Crippen LogP) is 2.14. The number of aromatic hydroxyl groups is 1. The predicted molar refractivity (Wildman–Crippen MR) is 48.9 cm³/mol. The van der Waals surface area contributed by atoms with Crippen LogP contribution in [0.15, 0.2) is 22.7 Å². The molecule has 0 saturated heterocycles. The third kappa shape index (κ3) is 1.23. The van der Waals surface area contributed by atoms with Crippen molar-refractivity contribution < 1.29 is 10.2 Å². The van der Waals surface area contributed by atoms with Crippen LogP contribution < -0.4 is 0 Å². The Morgan fingerprint density at radius 1 is 1.33 bits per heavy atom. The molecule has 1 aromatic rings. The second kappa shape index (κ2) is 2.47. The highest BCUT2D eigenvalue weighted by Crippen LogP contribution is 2.48. The van der Waals surface area contributed by atoms with E-state index in [-0.39, 0.29) is 5.75 Å². The number of hydrogen-bond donors (Lipinski definition) is 2. The standard InChI is InChI=1S/C9H9BrO2/c10-6-1-2-8(11)7(5-6)9(12)3-4-9/h1-2,5,11-12H,3-4H2. The van der Waals surface area contributed by atoms with Crippen LogP contribution in [0.1, 0.15) is 18.4 Å². The Morgan fingerprint density at radius 3 is 2.58 bits per heavy atom. The van der Waals surface area contributed by atoms with Crippen LogP contribution in [0.3, 0.4) is 0 Å². The number of hydrogen-bond acceptors (Lipinski definition) is 2. The van der Waals surface area contributed by atoms with E-state index in [1.165, 1.54) is 0 Å². The Hall–Kier alpha value is -0.540. The van der Waals surface area contributed by atoms with Gasteiger partial charge in [0.1, 0.15) is 5.75 Å². The molecule has 2 N–H and O–H groups in total. The summed E-state index contributed by atoms with van der Waals surface area (Å²) in [5.41, 5.74) is -0.120. The molecule has 1 aromatic carbocycles. The van der Waals surface area contributed by atoms with Crippen LogP contribution in [0.25, 0.3) is 0 Å². The molecule has 0 spiro atoms. The molecule has 1 fully saturated rings. The van der Waals surface area contributed by atoms with Gasteiger partial charge in [0.2, 0.25) is 0 Å². The van der Waals surface area contributed by atoms with Gasteiger partial charge in [-0.05, 0) is 31.0 Å². The van der Waals surface area contributed by atoms with E-state index in [1.54, 1.807) is 18.2 Å². The van der Waals surface area contributed by atoms with E-state index in [2.05, 4.69) is 15.9 Å². The monoisotopic (exact) mass is 228 g/mol. The summed E-state index contributed by atoms with van der Waals surface area (Å²) >= 11 is 3.29. The average molecular weight is 229 g/mol. The maximum atomic E-state index is 9.72. The van der Waals surface area contributed by atoms with E-state index in [1.807, 2.05) is 0 Å². The fourth-order valence-electron chi connectivity index (χ4n) is 1.27. The molecule has 0 unspecified atom stereocenters. The fraction of sp³-hybridized carbons (Fsp3) is 0.333. The van der Waals surface area contributed by atoms with E-state index in [4.69, 9.17) is 0 Å². The third-order valence-corrected chi connectivity index (χ3v) is 2.68. The average Bonchev–Trinajstić information content (AvgIpc) is 2.75. The van der Waals surface area contributed by atoms with E-state index < -0.39 is 5.60 Å². The molecular weight excluding hydrogens is 220 g/mol. The highest BCUT2D eigenvalue weighted by molar-refractivity contribution is 9.10. The third-order valence-electron chi connectivity index (χ3n) is 2.18. The maximum absolute atomic E-state index is 9.72. The Morgan fingerprint density at radius 2 is 2.00 bits per heavy atom. The molecule has 64 valence electrons. The van der Waals surface area contributed by atoms with Crippen LogP contribution in [0.2, 0.25) is 0 Å². The summed E-state index contributed by atoms with van der Waals surface area (Å²) < 4.78 is 0.885. The second-order valence-corrected chi connectivity index (χ2v) is 4.11. The van der Waals surface area contributed by atoms with Gasteiger partial charge in [0.05, 0.1) is 5.60 Å². The first-order valence-electron chi connectivity index (χ1n) is 3.83. The van der Waals surface area contributed by atoms with Crippen LogP contribution in [-0.2, 0) is 5.60 Å². The lowest BCUT2D eigenvalue weighted by molar-refractivity contribution is 0.148. The normalized spacial score (nSPS) is 19.2. The zero-order valence-corrected chi connectivity index (χ0v) is 8.00. The van der Waals surface area contributed by atoms with Crippen molar-refractivity contribution in [2.45, 2.75) is 18.4 Å². The lowest BCUT2D eigenvalue weighted by atomic mass is 10.1. The smallest absolute Gasteiger partial charge is 0.121 e.